The highest BCUT2D eigenvalue weighted by molar-refractivity contribution is 7.11. The number of carbonyl (C=O) groups is 3. The lowest BCUT2D eigenvalue weighted by molar-refractivity contribution is -0.938. The summed E-state index contributed by atoms with van der Waals surface area (Å²) in [6.07, 6.45) is 2.42. The van der Waals surface area contributed by atoms with Gasteiger partial charge in [0.05, 0.1) is 18.0 Å². The van der Waals surface area contributed by atoms with Crippen molar-refractivity contribution in [3.8, 4) is 0 Å². The molecule has 2 aromatic carbocycles. The van der Waals surface area contributed by atoms with Gasteiger partial charge in [-0.3, -0.25) is 9.59 Å². The number of rotatable bonds is 9. The molecule has 180 valence electrons. The number of nitrogens with one attached hydrogen (secondary N) is 1. The number of ketones is 1. The molecule has 0 radical (unpaired) electrons. The minimum atomic E-state index is -0.779. The van der Waals surface area contributed by atoms with Gasteiger partial charge in [-0.25, -0.2) is 4.79 Å². The van der Waals surface area contributed by atoms with Gasteiger partial charge in [-0.1, -0.05) is 48.5 Å². The number of carbonyl (C=O) groups excluding carboxylic acids is 3. The van der Waals surface area contributed by atoms with Gasteiger partial charge in [-0.15, -0.1) is 11.3 Å². The maximum atomic E-state index is 13.5. The standard InChI is InChI=1S/C28H29N2O4S/c31-19-26-23(13-16-35-26)27(29-22-9-5-2-6-10-22)28(33)34-25-18-30(14-11-21(25)12-15-30)17-24(32)20-7-3-1-4-8-20/h1-10,13,16,19,21,25,27,29H,11-12,14-15,17-18H2/q+1/t21?,25-,27+,30?/m0/s1. The van der Waals surface area contributed by atoms with Crippen LogP contribution in [0.4, 0.5) is 5.69 Å². The molecule has 1 aromatic heterocycles. The lowest BCUT2D eigenvalue weighted by Gasteiger charge is -2.51. The number of aldehydes is 1. The van der Waals surface area contributed by atoms with Gasteiger partial charge in [0.2, 0.25) is 5.78 Å². The van der Waals surface area contributed by atoms with Crippen molar-refractivity contribution in [1.29, 1.82) is 0 Å². The molecule has 7 heteroatoms. The molecule has 0 amide bonds. The third-order valence-electron chi connectivity index (χ3n) is 7.35. The summed E-state index contributed by atoms with van der Waals surface area (Å²) in [5.41, 5.74) is 2.14. The molecule has 0 unspecified atom stereocenters. The first-order valence-corrected chi connectivity index (χ1v) is 12.9. The summed E-state index contributed by atoms with van der Waals surface area (Å²) in [5.74, 6) is 0.0475. The Labute approximate surface area is 209 Å². The van der Waals surface area contributed by atoms with Crippen LogP contribution in [0.15, 0.2) is 72.1 Å². The summed E-state index contributed by atoms with van der Waals surface area (Å²) < 4.78 is 6.82. The number of hydrogen-bond acceptors (Lipinski definition) is 6. The van der Waals surface area contributed by atoms with Crippen LogP contribution in [0.1, 0.15) is 44.5 Å². The Morgan fingerprint density at radius 1 is 1.03 bits per heavy atom. The number of anilines is 1. The van der Waals surface area contributed by atoms with Crippen LogP contribution in [0, 0.1) is 5.92 Å². The zero-order valence-electron chi connectivity index (χ0n) is 19.5. The number of Topliss-reactive ketones (excluding diaryl/α,β-unsaturated/α-hetero) is 1. The molecule has 3 aliphatic rings. The van der Waals surface area contributed by atoms with Crippen molar-refractivity contribution in [3.63, 3.8) is 0 Å². The highest BCUT2D eigenvalue weighted by Gasteiger charge is 2.49. The quantitative estimate of drug-likeness (QED) is 0.203. The van der Waals surface area contributed by atoms with Crippen LogP contribution in [0.5, 0.6) is 0 Å². The van der Waals surface area contributed by atoms with Gasteiger partial charge >= 0.3 is 5.97 Å². The number of quaternary nitrogens is 1. The Balaban J connectivity index is 1.33. The van der Waals surface area contributed by atoms with Crippen molar-refractivity contribution in [3.05, 3.63) is 88.1 Å². The zero-order valence-corrected chi connectivity index (χ0v) is 20.3. The fourth-order valence-electron chi connectivity index (χ4n) is 5.44. The monoisotopic (exact) mass is 489 g/mol. The number of ether oxygens (including phenoxy) is 1. The van der Waals surface area contributed by atoms with Gasteiger partial charge in [0.15, 0.2) is 18.4 Å². The second-order valence-corrected chi connectivity index (χ2v) is 10.5. The summed E-state index contributed by atoms with van der Waals surface area (Å²) in [7, 11) is 0. The highest BCUT2D eigenvalue weighted by atomic mass is 32.1. The first kappa shape index (κ1) is 23.5. The fraction of sp³-hybridized carbons (Fsp3) is 0.321. The predicted molar refractivity (Wildman–Crippen MR) is 136 cm³/mol. The number of esters is 1. The number of fused-ring (bicyclic) bond motifs is 3. The van der Waals surface area contributed by atoms with Crippen molar-refractivity contribution in [2.45, 2.75) is 25.0 Å². The van der Waals surface area contributed by atoms with Crippen LogP contribution in [0.3, 0.4) is 0 Å². The zero-order chi connectivity index (χ0) is 24.3. The molecule has 3 aliphatic heterocycles. The number of benzene rings is 2. The van der Waals surface area contributed by atoms with Crippen LogP contribution in [-0.2, 0) is 9.53 Å². The SMILES string of the molecule is O=Cc1sccc1[C@@H](Nc1ccccc1)C(=O)O[C@H]1C[N+]2(CC(=O)c3ccccc3)CCC1CC2. The second kappa shape index (κ2) is 10.1. The normalized spacial score (nSPS) is 23.9. The van der Waals surface area contributed by atoms with Crippen molar-refractivity contribution in [2.75, 3.05) is 31.5 Å². The summed E-state index contributed by atoms with van der Waals surface area (Å²) in [5, 5.41) is 5.08. The van der Waals surface area contributed by atoms with Gasteiger partial charge in [0.25, 0.3) is 0 Å². The van der Waals surface area contributed by atoms with Crippen molar-refractivity contribution < 1.29 is 23.6 Å². The van der Waals surface area contributed by atoms with E-state index in [4.69, 9.17) is 4.74 Å². The third-order valence-corrected chi connectivity index (χ3v) is 8.21. The molecule has 4 heterocycles. The molecule has 2 bridgehead atoms. The molecule has 6 nitrogen and oxygen atoms in total. The Morgan fingerprint density at radius 3 is 2.40 bits per heavy atom. The minimum absolute atomic E-state index is 0.133. The number of para-hydroxylation sites is 1. The van der Waals surface area contributed by atoms with Crippen molar-refractivity contribution >= 4 is 35.1 Å². The predicted octanol–water partition coefficient (Wildman–Crippen LogP) is 4.75. The van der Waals surface area contributed by atoms with Crippen LogP contribution >= 0.6 is 11.3 Å². The van der Waals surface area contributed by atoms with Gasteiger partial charge in [-0.2, -0.15) is 0 Å². The molecule has 1 N–H and O–H groups in total. The van der Waals surface area contributed by atoms with E-state index in [0.717, 1.165) is 43.5 Å². The topological polar surface area (TPSA) is 72.5 Å². The van der Waals surface area contributed by atoms with E-state index in [-0.39, 0.29) is 17.9 Å². The van der Waals surface area contributed by atoms with E-state index in [9.17, 15) is 14.4 Å². The van der Waals surface area contributed by atoms with E-state index in [2.05, 4.69) is 5.32 Å². The minimum Gasteiger partial charge on any atom is -0.454 e. The molecule has 3 saturated heterocycles. The summed E-state index contributed by atoms with van der Waals surface area (Å²) in [6.45, 7) is 2.94. The number of thiophene rings is 1. The van der Waals surface area contributed by atoms with E-state index >= 15 is 0 Å². The Morgan fingerprint density at radius 2 is 1.71 bits per heavy atom. The maximum absolute atomic E-state index is 13.5. The third kappa shape index (κ3) is 5.06. The lowest BCUT2D eigenvalue weighted by Crippen LogP contribution is -2.65. The first-order valence-electron chi connectivity index (χ1n) is 12.0. The van der Waals surface area contributed by atoms with E-state index in [1.807, 2.05) is 66.0 Å². The van der Waals surface area contributed by atoms with Gasteiger partial charge in [0, 0.05) is 35.6 Å². The summed E-state index contributed by atoms with van der Waals surface area (Å²) in [6, 6.07) is 19.9. The Hall–Kier alpha value is -3.29. The molecule has 0 spiro atoms. The molecule has 3 fully saturated rings. The van der Waals surface area contributed by atoms with Gasteiger partial charge < -0.3 is 14.5 Å². The molecule has 6 rings (SSSR count). The highest BCUT2D eigenvalue weighted by Crippen LogP contribution is 2.37. The molecule has 2 atom stereocenters. The maximum Gasteiger partial charge on any atom is 0.333 e. The first-order chi connectivity index (χ1) is 17.1. The average Bonchev–Trinajstić information content (AvgIpc) is 3.37. The second-order valence-electron chi connectivity index (χ2n) is 9.53. The number of nitrogens with zero attached hydrogens (tertiary/aromatic N) is 1. The smallest absolute Gasteiger partial charge is 0.333 e. The largest absolute Gasteiger partial charge is 0.454 e. The van der Waals surface area contributed by atoms with E-state index in [0.29, 0.717) is 33.9 Å². The van der Waals surface area contributed by atoms with Crippen molar-refractivity contribution in [1.82, 2.24) is 0 Å². The molecule has 0 saturated carbocycles. The number of piperidine rings is 3. The van der Waals surface area contributed by atoms with E-state index < -0.39 is 6.04 Å². The molecular weight excluding hydrogens is 460 g/mol. The van der Waals surface area contributed by atoms with Crippen LogP contribution in [0.25, 0.3) is 0 Å². The average molecular weight is 490 g/mol. The Bertz CT molecular complexity index is 1190. The molecule has 35 heavy (non-hydrogen) atoms. The Kier molecular flexibility index (Phi) is 6.79. The van der Waals surface area contributed by atoms with E-state index in [1.165, 1.54) is 11.3 Å². The summed E-state index contributed by atoms with van der Waals surface area (Å²) in [4.78, 5) is 38.7. The van der Waals surface area contributed by atoms with Crippen LogP contribution in [-0.4, -0.2) is 54.8 Å². The van der Waals surface area contributed by atoms with Crippen LogP contribution in [0.2, 0.25) is 0 Å². The molecule has 3 aromatic rings. The molecule has 0 aliphatic carbocycles. The summed E-state index contributed by atoms with van der Waals surface area (Å²) >= 11 is 1.31. The molecular formula is C28H29N2O4S+. The fourth-order valence-corrected chi connectivity index (χ4v) is 6.18. The van der Waals surface area contributed by atoms with Crippen LogP contribution < -0.4 is 5.32 Å². The van der Waals surface area contributed by atoms with Gasteiger partial charge in [-0.05, 0) is 23.6 Å². The van der Waals surface area contributed by atoms with Gasteiger partial charge in [0.1, 0.15) is 13.1 Å². The lowest BCUT2D eigenvalue weighted by atomic mass is 9.82. The van der Waals surface area contributed by atoms with Crippen molar-refractivity contribution in [2.24, 2.45) is 5.92 Å². The van der Waals surface area contributed by atoms with E-state index in [1.54, 1.807) is 6.07 Å². The number of hydrogen-bond donors (Lipinski definition) is 1.